The Bertz CT molecular complexity index is 706. The number of H-pyrrole nitrogens is 1. The molecule has 0 bridgehead atoms. The molecule has 3 rings (SSSR count). The summed E-state index contributed by atoms with van der Waals surface area (Å²) in [7, 11) is 7.46. The number of hydrogen-bond acceptors (Lipinski definition) is 2. The molecular formula is C14H11BN2O. The van der Waals surface area contributed by atoms with E-state index in [2.05, 4.69) is 9.97 Å². The van der Waals surface area contributed by atoms with E-state index in [1.807, 2.05) is 36.5 Å². The van der Waals surface area contributed by atoms with Crippen molar-refractivity contribution in [3.05, 3.63) is 42.7 Å². The summed E-state index contributed by atoms with van der Waals surface area (Å²) in [5.41, 5.74) is 3.55. The Morgan fingerprint density at radius 1 is 1.22 bits per heavy atom. The summed E-state index contributed by atoms with van der Waals surface area (Å²) in [5, 5.41) is 1.000. The topological polar surface area (TPSA) is 37.9 Å². The van der Waals surface area contributed by atoms with Crippen molar-refractivity contribution in [3.8, 4) is 16.9 Å². The van der Waals surface area contributed by atoms with Crippen LogP contribution in [0.1, 0.15) is 0 Å². The summed E-state index contributed by atoms with van der Waals surface area (Å²) in [5.74, 6) is 0.834. The molecule has 1 N–H and O–H groups in total. The number of benzene rings is 1. The molecule has 0 saturated carbocycles. The van der Waals surface area contributed by atoms with Crippen LogP contribution in [0.2, 0.25) is 0 Å². The lowest BCUT2D eigenvalue weighted by atomic mass is 9.96. The third kappa shape index (κ3) is 1.66. The molecule has 0 fully saturated rings. The van der Waals surface area contributed by atoms with Gasteiger partial charge in [-0.25, -0.2) is 4.98 Å². The van der Waals surface area contributed by atoms with E-state index in [4.69, 9.17) is 12.6 Å². The Morgan fingerprint density at radius 3 is 2.89 bits per heavy atom. The van der Waals surface area contributed by atoms with Crippen molar-refractivity contribution in [2.45, 2.75) is 0 Å². The SMILES string of the molecule is [B]c1cnc2[nH]cc(-c3ccccc3OC)c2c1. The molecule has 2 radical (unpaired) electrons. The summed E-state index contributed by atoms with van der Waals surface area (Å²) in [4.78, 5) is 7.40. The van der Waals surface area contributed by atoms with Crippen molar-refractivity contribution in [1.82, 2.24) is 9.97 Å². The number of nitrogens with zero attached hydrogens (tertiary/aromatic N) is 1. The van der Waals surface area contributed by atoms with Crippen LogP contribution in [-0.2, 0) is 0 Å². The van der Waals surface area contributed by atoms with E-state index < -0.39 is 0 Å². The minimum atomic E-state index is 0.651. The van der Waals surface area contributed by atoms with E-state index >= 15 is 0 Å². The van der Waals surface area contributed by atoms with Crippen molar-refractivity contribution in [1.29, 1.82) is 0 Å². The molecule has 4 heteroatoms. The maximum absolute atomic E-state index is 5.79. The van der Waals surface area contributed by atoms with Crippen LogP contribution in [0.5, 0.6) is 5.75 Å². The first kappa shape index (κ1) is 10.9. The molecule has 0 unspecified atom stereocenters. The van der Waals surface area contributed by atoms with Gasteiger partial charge in [-0.3, -0.25) is 0 Å². The zero-order chi connectivity index (χ0) is 12.5. The molecule has 0 aliphatic carbocycles. The molecule has 0 saturated heterocycles. The Morgan fingerprint density at radius 2 is 2.06 bits per heavy atom. The average molecular weight is 234 g/mol. The number of nitrogens with one attached hydrogen (secondary N) is 1. The fourth-order valence-electron chi connectivity index (χ4n) is 2.11. The average Bonchev–Trinajstić information content (AvgIpc) is 2.81. The Kier molecular flexibility index (Phi) is 2.56. The standard InChI is InChI=1S/C14H11BN2O/c1-18-13-5-3-2-4-10(13)12-8-17-14-11(12)6-9(15)7-16-14/h2-8H,1H3,(H,16,17). The first-order valence-electron chi connectivity index (χ1n) is 5.65. The second-order valence-electron chi connectivity index (χ2n) is 4.07. The molecule has 18 heavy (non-hydrogen) atoms. The number of methoxy groups -OCH3 is 1. The van der Waals surface area contributed by atoms with Gasteiger partial charge in [0, 0.05) is 28.9 Å². The van der Waals surface area contributed by atoms with Crippen LogP contribution in [-0.4, -0.2) is 24.9 Å². The highest BCUT2D eigenvalue weighted by atomic mass is 16.5. The molecule has 0 spiro atoms. The van der Waals surface area contributed by atoms with Crippen LogP contribution < -0.4 is 10.2 Å². The number of rotatable bonds is 2. The van der Waals surface area contributed by atoms with E-state index in [1.165, 1.54) is 0 Å². The maximum Gasteiger partial charge on any atom is 0.137 e. The zero-order valence-electron chi connectivity index (χ0n) is 9.97. The molecule has 0 amide bonds. The smallest absolute Gasteiger partial charge is 0.137 e. The summed E-state index contributed by atoms with van der Waals surface area (Å²) in [6.07, 6.45) is 3.57. The summed E-state index contributed by atoms with van der Waals surface area (Å²) in [6, 6.07) is 9.80. The number of aromatic nitrogens is 2. The quantitative estimate of drug-likeness (QED) is 0.689. The lowest BCUT2D eigenvalue weighted by molar-refractivity contribution is 0.416. The van der Waals surface area contributed by atoms with Crippen LogP contribution in [0.4, 0.5) is 0 Å². The zero-order valence-corrected chi connectivity index (χ0v) is 9.97. The molecule has 2 heterocycles. The van der Waals surface area contributed by atoms with Crippen molar-refractivity contribution in [2.24, 2.45) is 0 Å². The van der Waals surface area contributed by atoms with Gasteiger partial charge in [-0.1, -0.05) is 29.7 Å². The molecule has 1 aromatic carbocycles. The van der Waals surface area contributed by atoms with Crippen molar-refractivity contribution < 1.29 is 4.74 Å². The Balaban J connectivity index is 2.28. The van der Waals surface area contributed by atoms with Crippen molar-refractivity contribution in [2.75, 3.05) is 7.11 Å². The molecule has 2 aromatic heterocycles. The highest BCUT2D eigenvalue weighted by Crippen LogP contribution is 2.33. The predicted molar refractivity (Wildman–Crippen MR) is 73.5 cm³/mol. The lowest BCUT2D eigenvalue weighted by Gasteiger charge is -2.07. The van der Waals surface area contributed by atoms with Gasteiger partial charge in [-0.2, -0.15) is 0 Å². The number of fused-ring (bicyclic) bond motifs is 1. The lowest BCUT2D eigenvalue weighted by Crippen LogP contribution is -2.01. The second kappa shape index (κ2) is 4.22. The number of aromatic amines is 1. The number of ether oxygens (including phenoxy) is 1. The molecule has 86 valence electrons. The van der Waals surface area contributed by atoms with Gasteiger partial charge in [0.1, 0.15) is 19.2 Å². The van der Waals surface area contributed by atoms with Gasteiger partial charge in [0.05, 0.1) is 7.11 Å². The second-order valence-corrected chi connectivity index (χ2v) is 4.07. The molecule has 3 nitrogen and oxygen atoms in total. The molecule has 0 atom stereocenters. The summed E-state index contributed by atoms with van der Waals surface area (Å²) in [6.45, 7) is 0. The van der Waals surface area contributed by atoms with Gasteiger partial charge >= 0.3 is 0 Å². The van der Waals surface area contributed by atoms with E-state index in [9.17, 15) is 0 Å². The molecule has 0 aliphatic rings. The van der Waals surface area contributed by atoms with Crippen LogP contribution in [0, 0.1) is 0 Å². The summed E-state index contributed by atoms with van der Waals surface area (Å²) < 4.78 is 5.38. The third-order valence-corrected chi connectivity index (χ3v) is 2.95. The largest absolute Gasteiger partial charge is 0.496 e. The minimum absolute atomic E-state index is 0.651. The van der Waals surface area contributed by atoms with Gasteiger partial charge in [-0.05, 0) is 6.07 Å². The Labute approximate surface area is 106 Å². The normalized spacial score (nSPS) is 10.7. The van der Waals surface area contributed by atoms with E-state index in [0.29, 0.717) is 5.46 Å². The molecule has 3 aromatic rings. The van der Waals surface area contributed by atoms with Crippen LogP contribution in [0.15, 0.2) is 42.7 Å². The number of para-hydroxylation sites is 1. The van der Waals surface area contributed by atoms with Crippen molar-refractivity contribution in [3.63, 3.8) is 0 Å². The predicted octanol–water partition coefficient (Wildman–Crippen LogP) is 2.03. The first-order valence-corrected chi connectivity index (χ1v) is 5.65. The van der Waals surface area contributed by atoms with Gasteiger partial charge in [0.25, 0.3) is 0 Å². The van der Waals surface area contributed by atoms with E-state index in [0.717, 1.165) is 27.9 Å². The molecular weight excluding hydrogens is 223 g/mol. The highest BCUT2D eigenvalue weighted by molar-refractivity contribution is 6.33. The van der Waals surface area contributed by atoms with Crippen LogP contribution in [0.3, 0.4) is 0 Å². The van der Waals surface area contributed by atoms with Crippen LogP contribution >= 0.6 is 0 Å². The van der Waals surface area contributed by atoms with Crippen molar-refractivity contribution >= 4 is 24.3 Å². The minimum Gasteiger partial charge on any atom is -0.496 e. The first-order chi connectivity index (χ1) is 8.79. The third-order valence-electron chi connectivity index (χ3n) is 2.95. The fraction of sp³-hybridized carbons (Fsp3) is 0.0714. The maximum atomic E-state index is 5.79. The summed E-state index contributed by atoms with van der Waals surface area (Å²) >= 11 is 0. The number of pyridine rings is 1. The van der Waals surface area contributed by atoms with Gasteiger partial charge in [-0.15, -0.1) is 0 Å². The van der Waals surface area contributed by atoms with Gasteiger partial charge in [0.2, 0.25) is 0 Å². The van der Waals surface area contributed by atoms with Gasteiger partial charge < -0.3 is 9.72 Å². The number of hydrogen-bond donors (Lipinski definition) is 1. The van der Waals surface area contributed by atoms with Gasteiger partial charge in [0.15, 0.2) is 0 Å². The molecule has 0 aliphatic heterocycles. The fourth-order valence-corrected chi connectivity index (χ4v) is 2.11. The Hall–Kier alpha value is -2.23. The van der Waals surface area contributed by atoms with E-state index in [1.54, 1.807) is 13.3 Å². The van der Waals surface area contributed by atoms with E-state index in [-0.39, 0.29) is 0 Å². The highest BCUT2D eigenvalue weighted by Gasteiger charge is 2.10. The monoisotopic (exact) mass is 234 g/mol. The van der Waals surface area contributed by atoms with Crippen LogP contribution in [0.25, 0.3) is 22.2 Å².